The average molecular weight is 354 g/mol. The van der Waals surface area contributed by atoms with Crippen LogP contribution in [0.4, 0.5) is 0 Å². The highest BCUT2D eigenvalue weighted by Gasteiger charge is 2.17. The minimum atomic E-state index is -3.57. The molecule has 7 nitrogen and oxygen atoms in total. The Balaban J connectivity index is 2.00. The van der Waals surface area contributed by atoms with E-state index >= 15 is 0 Å². The Morgan fingerprint density at radius 1 is 1.29 bits per heavy atom. The van der Waals surface area contributed by atoms with E-state index in [9.17, 15) is 13.2 Å². The molecule has 1 saturated heterocycles. The second-order valence-electron chi connectivity index (χ2n) is 5.83. The van der Waals surface area contributed by atoms with Gasteiger partial charge in [0.25, 0.3) is 5.91 Å². The van der Waals surface area contributed by atoms with E-state index in [2.05, 4.69) is 20.3 Å². The molecule has 3 N–H and O–H groups in total. The van der Waals surface area contributed by atoms with Crippen LogP contribution >= 0.6 is 0 Å². The molecule has 1 aromatic carbocycles. The lowest BCUT2D eigenvalue weighted by atomic mass is 10.1. The van der Waals surface area contributed by atoms with Crippen LogP contribution in [0.5, 0.6) is 0 Å². The molecule has 1 fully saturated rings. The van der Waals surface area contributed by atoms with Gasteiger partial charge in [-0.2, -0.15) is 0 Å². The molecule has 1 heterocycles. The van der Waals surface area contributed by atoms with Gasteiger partial charge < -0.3 is 10.6 Å². The highest BCUT2D eigenvalue weighted by Crippen LogP contribution is 2.15. The molecule has 134 valence electrons. The van der Waals surface area contributed by atoms with Gasteiger partial charge in [0.05, 0.1) is 4.90 Å². The molecule has 0 bridgehead atoms. The number of aryl methyl sites for hydroxylation is 1. The quantitative estimate of drug-likeness (QED) is 0.638. The van der Waals surface area contributed by atoms with Crippen molar-refractivity contribution in [2.24, 2.45) is 0 Å². The van der Waals surface area contributed by atoms with E-state index in [1.807, 2.05) is 0 Å². The second-order valence-corrected chi connectivity index (χ2v) is 7.59. The van der Waals surface area contributed by atoms with Crippen LogP contribution in [0.3, 0.4) is 0 Å². The van der Waals surface area contributed by atoms with Crippen LogP contribution in [0.1, 0.15) is 22.8 Å². The molecule has 0 saturated carbocycles. The highest BCUT2D eigenvalue weighted by atomic mass is 32.2. The minimum Gasteiger partial charge on any atom is -0.351 e. The zero-order chi connectivity index (χ0) is 17.6. The number of carbonyl (C=O) groups is 1. The molecule has 0 atom stereocenters. The molecule has 0 spiro atoms. The molecule has 24 heavy (non-hydrogen) atoms. The number of benzene rings is 1. The summed E-state index contributed by atoms with van der Waals surface area (Å²) >= 11 is 0. The van der Waals surface area contributed by atoms with E-state index in [0.717, 1.165) is 38.3 Å². The fraction of sp³-hybridized carbons (Fsp3) is 0.562. The van der Waals surface area contributed by atoms with Crippen LogP contribution in [-0.2, 0) is 10.0 Å². The number of rotatable bonds is 7. The standard InChI is InChI=1S/C16H26N4O3S/c1-3-19-24(22,23)14-5-4-13(2)15(12-14)16(21)18-8-11-20-9-6-17-7-10-20/h4-5,12,17,19H,3,6-11H2,1-2H3,(H,18,21). The Bertz CT molecular complexity index is 670. The third-order valence-electron chi connectivity index (χ3n) is 4.02. The van der Waals surface area contributed by atoms with Gasteiger partial charge in [0.15, 0.2) is 0 Å². The van der Waals surface area contributed by atoms with E-state index in [1.165, 1.54) is 12.1 Å². The number of carbonyl (C=O) groups excluding carboxylic acids is 1. The number of nitrogens with zero attached hydrogens (tertiary/aromatic N) is 1. The summed E-state index contributed by atoms with van der Waals surface area (Å²) < 4.78 is 26.6. The number of amides is 1. The van der Waals surface area contributed by atoms with Crippen molar-refractivity contribution in [2.45, 2.75) is 18.7 Å². The first-order chi connectivity index (χ1) is 11.4. The van der Waals surface area contributed by atoms with Gasteiger partial charge in [0, 0.05) is 51.4 Å². The van der Waals surface area contributed by atoms with Crippen LogP contribution in [-0.4, -0.2) is 65.0 Å². The average Bonchev–Trinajstić information content (AvgIpc) is 2.56. The Labute approximate surface area is 143 Å². The van der Waals surface area contributed by atoms with Gasteiger partial charge >= 0.3 is 0 Å². The second kappa shape index (κ2) is 8.57. The molecule has 0 aromatic heterocycles. The Kier molecular flexibility index (Phi) is 6.73. The fourth-order valence-corrected chi connectivity index (χ4v) is 3.71. The Morgan fingerprint density at radius 3 is 2.67 bits per heavy atom. The van der Waals surface area contributed by atoms with Crippen molar-refractivity contribution in [3.8, 4) is 0 Å². The minimum absolute atomic E-state index is 0.113. The summed E-state index contributed by atoms with van der Waals surface area (Å²) in [6, 6.07) is 4.62. The number of hydrogen-bond donors (Lipinski definition) is 3. The lowest BCUT2D eigenvalue weighted by Crippen LogP contribution is -2.46. The fourth-order valence-electron chi connectivity index (χ4n) is 2.64. The molecule has 1 aliphatic heterocycles. The van der Waals surface area contributed by atoms with Gasteiger partial charge in [-0.05, 0) is 24.6 Å². The molecule has 1 aromatic rings. The van der Waals surface area contributed by atoms with Crippen molar-refractivity contribution in [3.63, 3.8) is 0 Å². The summed E-state index contributed by atoms with van der Waals surface area (Å²) in [6.45, 7) is 9.06. The predicted octanol–water partition coefficient (Wildman–Crippen LogP) is -0.0718. The van der Waals surface area contributed by atoms with E-state index in [1.54, 1.807) is 19.9 Å². The first-order valence-electron chi connectivity index (χ1n) is 8.25. The summed E-state index contributed by atoms with van der Waals surface area (Å²) in [5.41, 5.74) is 1.15. The zero-order valence-electron chi connectivity index (χ0n) is 14.3. The van der Waals surface area contributed by atoms with Gasteiger partial charge in [0.1, 0.15) is 0 Å². The lowest BCUT2D eigenvalue weighted by molar-refractivity contribution is 0.0946. The molecule has 0 aliphatic carbocycles. The van der Waals surface area contributed by atoms with Crippen LogP contribution < -0.4 is 15.4 Å². The zero-order valence-corrected chi connectivity index (χ0v) is 15.1. The molecule has 0 unspecified atom stereocenters. The van der Waals surface area contributed by atoms with Crippen molar-refractivity contribution in [1.29, 1.82) is 0 Å². The van der Waals surface area contributed by atoms with Crippen LogP contribution in [0.2, 0.25) is 0 Å². The van der Waals surface area contributed by atoms with Crippen molar-refractivity contribution in [3.05, 3.63) is 29.3 Å². The summed E-state index contributed by atoms with van der Waals surface area (Å²) in [6.07, 6.45) is 0. The smallest absolute Gasteiger partial charge is 0.251 e. The number of hydrogen-bond acceptors (Lipinski definition) is 5. The van der Waals surface area contributed by atoms with Crippen LogP contribution in [0, 0.1) is 6.92 Å². The lowest BCUT2D eigenvalue weighted by Gasteiger charge is -2.27. The molecule has 0 radical (unpaired) electrons. The van der Waals surface area contributed by atoms with Gasteiger partial charge in [-0.1, -0.05) is 13.0 Å². The third kappa shape index (κ3) is 5.01. The van der Waals surface area contributed by atoms with Crippen molar-refractivity contribution in [2.75, 3.05) is 45.8 Å². The maximum Gasteiger partial charge on any atom is 0.251 e. The van der Waals surface area contributed by atoms with Crippen molar-refractivity contribution >= 4 is 15.9 Å². The first-order valence-corrected chi connectivity index (χ1v) is 9.74. The van der Waals surface area contributed by atoms with E-state index in [-0.39, 0.29) is 10.8 Å². The Morgan fingerprint density at radius 2 is 2.00 bits per heavy atom. The first kappa shape index (κ1) is 18.9. The van der Waals surface area contributed by atoms with E-state index < -0.39 is 10.0 Å². The van der Waals surface area contributed by atoms with Gasteiger partial charge in [0.2, 0.25) is 10.0 Å². The van der Waals surface area contributed by atoms with E-state index in [0.29, 0.717) is 18.7 Å². The Hall–Kier alpha value is -1.48. The topological polar surface area (TPSA) is 90.5 Å². The maximum absolute atomic E-state index is 12.4. The van der Waals surface area contributed by atoms with Gasteiger partial charge in [-0.25, -0.2) is 13.1 Å². The molecular weight excluding hydrogens is 328 g/mol. The summed E-state index contributed by atoms with van der Waals surface area (Å²) in [5, 5.41) is 6.17. The summed E-state index contributed by atoms with van der Waals surface area (Å²) in [7, 11) is -3.57. The largest absolute Gasteiger partial charge is 0.351 e. The van der Waals surface area contributed by atoms with Crippen LogP contribution in [0.15, 0.2) is 23.1 Å². The number of sulfonamides is 1. The molecule has 1 amide bonds. The number of piperazine rings is 1. The third-order valence-corrected chi connectivity index (χ3v) is 5.56. The summed E-state index contributed by atoms with van der Waals surface area (Å²) in [4.78, 5) is 14.8. The SMILES string of the molecule is CCNS(=O)(=O)c1ccc(C)c(C(=O)NCCN2CCNCC2)c1. The number of nitrogens with one attached hydrogen (secondary N) is 3. The maximum atomic E-state index is 12.4. The summed E-state index contributed by atoms with van der Waals surface area (Å²) in [5.74, 6) is -0.240. The van der Waals surface area contributed by atoms with Crippen molar-refractivity contribution < 1.29 is 13.2 Å². The normalized spacial score (nSPS) is 16.1. The van der Waals surface area contributed by atoms with Crippen molar-refractivity contribution in [1.82, 2.24) is 20.3 Å². The van der Waals surface area contributed by atoms with E-state index in [4.69, 9.17) is 0 Å². The van der Waals surface area contributed by atoms with Gasteiger partial charge in [-0.15, -0.1) is 0 Å². The monoisotopic (exact) mass is 354 g/mol. The molecule has 8 heteroatoms. The molecule has 1 aliphatic rings. The van der Waals surface area contributed by atoms with Crippen LogP contribution in [0.25, 0.3) is 0 Å². The molecular formula is C16H26N4O3S. The molecule has 2 rings (SSSR count). The van der Waals surface area contributed by atoms with Gasteiger partial charge in [-0.3, -0.25) is 9.69 Å². The predicted molar refractivity (Wildman–Crippen MR) is 93.7 cm³/mol. The highest BCUT2D eigenvalue weighted by molar-refractivity contribution is 7.89.